The van der Waals surface area contributed by atoms with Crippen LogP contribution < -0.4 is 10.6 Å². The molecule has 0 fully saturated rings. The number of carbonyl (C=O) groups excluding carboxylic acids is 2. The molecular formula is C11H11F3N2O3. The van der Waals surface area contributed by atoms with Gasteiger partial charge in [-0.05, 0) is 31.2 Å². The van der Waals surface area contributed by atoms with Crippen molar-refractivity contribution in [1.82, 2.24) is 5.32 Å². The first-order valence-electron chi connectivity index (χ1n) is 5.25. The topological polar surface area (TPSA) is 67.4 Å². The van der Waals surface area contributed by atoms with Crippen molar-refractivity contribution in [2.45, 2.75) is 13.2 Å². The average Bonchev–Trinajstić information content (AvgIpc) is 2.27. The summed E-state index contributed by atoms with van der Waals surface area (Å²) in [7, 11) is 0. The van der Waals surface area contributed by atoms with Gasteiger partial charge in [0.25, 0.3) is 0 Å². The maximum Gasteiger partial charge on any atom is 0.485 e. The number of urea groups is 1. The van der Waals surface area contributed by atoms with E-state index in [4.69, 9.17) is 4.74 Å². The van der Waals surface area contributed by atoms with Gasteiger partial charge in [-0.2, -0.15) is 13.2 Å². The first-order chi connectivity index (χ1) is 8.81. The number of ether oxygens (including phenoxy) is 1. The predicted molar refractivity (Wildman–Crippen MR) is 60.6 cm³/mol. The molecular weight excluding hydrogens is 265 g/mol. The van der Waals surface area contributed by atoms with Gasteiger partial charge in [0.1, 0.15) is 0 Å². The van der Waals surface area contributed by atoms with E-state index in [9.17, 15) is 22.8 Å². The van der Waals surface area contributed by atoms with E-state index in [1.165, 1.54) is 24.3 Å². The summed E-state index contributed by atoms with van der Waals surface area (Å²) < 4.78 is 40.2. The zero-order valence-electron chi connectivity index (χ0n) is 9.88. The molecule has 0 aliphatic heterocycles. The third kappa shape index (κ3) is 5.28. The zero-order chi connectivity index (χ0) is 14.5. The highest BCUT2D eigenvalue weighted by atomic mass is 19.4. The number of amides is 2. The Labute approximate surface area is 106 Å². The summed E-state index contributed by atoms with van der Waals surface area (Å²) in [5.41, 5.74) is 0.360. The number of alkyl halides is 3. The fourth-order valence-corrected chi connectivity index (χ4v) is 1.20. The second-order valence-corrected chi connectivity index (χ2v) is 3.37. The largest absolute Gasteiger partial charge is 0.485 e. The normalized spacial score (nSPS) is 10.7. The van der Waals surface area contributed by atoms with Gasteiger partial charge in [-0.15, -0.1) is 0 Å². The van der Waals surface area contributed by atoms with Crippen molar-refractivity contribution in [2.75, 3.05) is 11.9 Å². The predicted octanol–water partition coefficient (Wildman–Crippen LogP) is 2.50. The van der Waals surface area contributed by atoms with E-state index in [0.717, 1.165) is 5.32 Å². The summed E-state index contributed by atoms with van der Waals surface area (Å²) >= 11 is 0. The third-order valence-corrected chi connectivity index (χ3v) is 1.91. The Morgan fingerprint density at radius 1 is 1.21 bits per heavy atom. The van der Waals surface area contributed by atoms with E-state index >= 15 is 0 Å². The summed E-state index contributed by atoms with van der Waals surface area (Å²) in [6.07, 6.45) is -4.80. The van der Waals surface area contributed by atoms with Crippen LogP contribution >= 0.6 is 0 Å². The van der Waals surface area contributed by atoms with Crippen molar-refractivity contribution in [1.29, 1.82) is 0 Å². The Balaban J connectivity index is 2.62. The summed E-state index contributed by atoms with van der Waals surface area (Å²) in [4.78, 5) is 22.2. The molecule has 0 atom stereocenters. The van der Waals surface area contributed by atoms with E-state index in [-0.39, 0.29) is 17.9 Å². The molecule has 0 radical (unpaired) electrons. The molecule has 0 saturated heterocycles. The number of nitrogens with one attached hydrogen (secondary N) is 2. The van der Waals surface area contributed by atoms with E-state index in [2.05, 4.69) is 0 Å². The van der Waals surface area contributed by atoms with Crippen LogP contribution in [0.1, 0.15) is 17.3 Å². The van der Waals surface area contributed by atoms with Gasteiger partial charge in [0.05, 0.1) is 12.2 Å². The molecule has 2 N–H and O–H groups in total. The SMILES string of the molecule is CCOC(=O)c1ccc(NC(=O)NC(F)(F)F)cc1. The highest BCUT2D eigenvalue weighted by Gasteiger charge is 2.29. The Hall–Kier alpha value is -2.25. The van der Waals surface area contributed by atoms with Crippen LogP contribution in [0.4, 0.5) is 23.7 Å². The summed E-state index contributed by atoms with van der Waals surface area (Å²) in [6, 6.07) is 3.85. The van der Waals surface area contributed by atoms with Crippen LogP contribution in [0.15, 0.2) is 24.3 Å². The van der Waals surface area contributed by atoms with E-state index in [1.807, 2.05) is 5.32 Å². The van der Waals surface area contributed by atoms with Gasteiger partial charge in [-0.1, -0.05) is 0 Å². The number of halogens is 3. The Bertz CT molecular complexity index is 457. The van der Waals surface area contributed by atoms with Gasteiger partial charge in [0.15, 0.2) is 0 Å². The van der Waals surface area contributed by atoms with Crippen LogP contribution in [0.3, 0.4) is 0 Å². The minimum absolute atomic E-state index is 0.120. The first-order valence-corrected chi connectivity index (χ1v) is 5.25. The molecule has 0 unspecified atom stereocenters. The standard InChI is InChI=1S/C11H11F3N2O3/c1-2-19-9(17)7-3-5-8(6-4-7)15-10(18)16-11(12,13)14/h3-6H,2H2,1H3,(H2,15,16,18). The van der Waals surface area contributed by atoms with E-state index in [1.54, 1.807) is 6.92 Å². The second-order valence-electron chi connectivity index (χ2n) is 3.37. The molecule has 0 saturated carbocycles. The van der Waals surface area contributed by atoms with Crippen molar-refractivity contribution >= 4 is 17.7 Å². The van der Waals surface area contributed by atoms with Gasteiger partial charge in [-0.25, -0.2) is 14.9 Å². The molecule has 8 heteroatoms. The lowest BCUT2D eigenvalue weighted by Gasteiger charge is -2.10. The first kappa shape index (κ1) is 14.8. The summed E-state index contributed by atoms with van der Waals surface area (Å²) in [6.45, 7) is 1.86. The van der Waals surface area contributed by atoms with Crippen molar-refractivity contribution in [2.24, 2.45) is 0 Å². The van der Waals surface area contributed by atoms with Crippen molar-refractivity contribution in [3.63, 3.8) is 0 Å². The number of carbonyl (C=O) groups is 2. The van der Waals surface area contributed by atoms with Gasteiger partial charge >= 0.3 is 18.3 Å². The minimum atomic E-state index is -4.80. The number of esters is 1. The van der Waals surface area contributed by atoms with Crippen LogP contribution in [0.25, 0.3) is 0 Å². The van der Waals surface area contributed by atoms with Gasteiger partial charge in [0, 0.05) is 5.69 Å². The van der Waals surface area contributed by atoms with Crippen LogP contribution in [0.5, 0.6) is 0 Å². The number of anilines is 1. The van der Waals surface area contributed by atoms with Crippen molar-refractivity contribution in [3.05, 3.63) is 29.8 Å². The van der Waals surface area contributed by atoms with Gasteiger partial charge in [0.2, 0.25) is 0 Å². The molecule has 0 bridgehead atoms. The lowest BCUT2D eigenvalue weighted by Crippen LogP contribution is -2.40. The molecule has 0 aromatic heterocycles. The molecule has 104 valence electrons. The lowest BCUT2D eigenvalue weighted by atomic mass is 10.2. The summed E-state index contributed by atoms with van der Waals surface area (Å²) in [5, 5.41) is 2.76. The molecule has 1 rings (SSSR count). The molecule has 0 heterocycles. The average molecular weight is 276 g/mol. The molecule has 0 aliphatic carbocycles. The molecule has 2 amide bonds. The number of hydrogen-bond acceptors (Lipinski definition) is 3. The Morgan fingerprint density at radius 2 is 1.79 bits per heavy atom. The Kier molecular flexibility index (Phi) is 4.74. The monoisotopic (exact) mass is 276 g/mol. The van der Waals surface area contributed by atoms with Crippen molar-refractivity contribution in [3.8, 4) is 0 Å². The fourth-order valence-electron chi connectivity index (χ4n) is 1.20. The molecule has 1 aromatic carbocycles. The molecule has 19 heavy (non-hydrogen) atoms. The third-order valence-electron chi connectivity index (χ3n) is 1.91. The summed E-state index contributed by atoms with van der Waals surface area (Å²) in [5.74, 6) is -0.547. The molecule has 1 aromatic rings. The Morgan fingerprint density at radius 3 is 2.26 bits per heavy atom. The van der Waals surface area contributed by atoms with Crippen LogP contribution in [-0.4, -0.2) is 24.9 Å². The van der Waals surface area contributed by atoms with Crippen LogP contribution in [0.2, 0.25) is 0 Å². The second kappa shape index (κ2) is 6.07. The van der Waals surface area contributed by atoms with Gasteiger partial charge < -0.3 is 10.1 Å². The number of hydrogen-bond donors (Lipinski definition) is 2. The quantitative estimate of drug-likeness (QED) is 0.658. The number of benzene rings is 1. The van der Waals surface area contributed by atoms with Crippen molar-refractivity contribution < 1.29 is 27.5 Å². The maximum absolute atomic E-state index is 11.8. The van der Waals surface area contributed by atoms with Crippen LogP contribution in [0, 0.1) is 0 Å². The highest BCUT2D eigenvalue weighted by molar-refractivity contribution is 5.92. The molecule has 5 nitrogen and oxygen atoms in total. The van der Waals surface area contributed by atoms with Gasteiger partial charge in [-0.3, -0.25) is 0 Å². The smallest absolute Gasteiger partial charge is 0.462 e. The van der Waals surface area contributed by atoms with Crippen LogP contribution in [-0.2, 0) is 4.74 Å². The number of rotatable bonds is 3. The zero-order valence-corrected chi connectivity index (χ0v) is 9.88. The molecule has 0 aliphatic rings. The fraction of sp³-hybridized carbons (Fsp3) is 0.273. The lowest BCUT2D eigenvalue weighted by molar-refractivity contribution is -0.144. The molecule has 0 spiro atoms. The highest BCUT2D eigenvalue weighted by Crippen LogP contribution is 2.13. The maximum atomic E-state index is 11.8. The minimum Gasteiger partial charge on any atom is -0.462 e. The van der Waals surface area contributed by atoms with E-state index < -0.39 is 18.3 Å². The van der Waals surface area contributed by atoms with E-state index in [0.29, 0.717) is 0 Å².